The molecule has 0 bridgehead atoms. The molecule has 11 heteroatoms. The average molecular weight is 413 g/mol. The van der Waals surface area contributed by atoms with Crippen LogP contribution >= 0.6 is 19.8 Å². The Labute approximate surface area is 154 Å². The van der Waals surface area contributed by atoms with Gasteiger partial charge in [-0.2, -0.15) is 5.09 Å². The first kappa shape index (κ1) is 20.9. The zero-order valence-corrected chi connectivity index (χ0v) is 17.9. The fourth-order valence-electron chi connectivity index (χ4n) is 3.19. The number of hydrogen-bond acceptors (Lipinski definition) is 8. The van der Waals surface area contributed by atoms with Gasteiger partial charge in [0.05, 0.1) is 31.9 Å². The second-order valence-electron chi connectivity index (χ2n) is 6.96. The number of sulfone groups is 1. The lowest BCUT2D eigenvalue weighted by molar-refractivity contribution is -0.215. The van der Waals surface area contributed by atoms with Crippen molar-refractivity contribution in [3.05, 3.63) is 0 Å². The van der Waals surface area contributed by atoms with E-state index >= 15 is 0 Å². The van der Waals surface area contributed by atoms with E-state index in [4.69, 9.17) is 9.47 Å². The van der Waals surface area contributed by atoms with Gasteiger partial charge in [-0.05, 0) is 13.8 Å². The summed E-state index contributed by atoms with van der Waals surface area (Å²) in [5, 5.41) is 3.09. The maximum absolute atomic E-state index is 12.8. The lowest BCUT2D eigenvalue weighted by atomic mass is 9.92. The molecule has 0 radical (unpaired) electrons. The van der Waals surface area contributed by atoms with Crippen LogP contribution in [0, 0.1) is 0 Å². The number of β-lactam (4-membered cyclic amide) rings is 1. The maximum atomic E-state index is 12.8. The molecule has 2 saturated heterocycles. The average Bonchev–Trinajstić information content (AvgIpc) is 2.68. The molecule has 2 fully saturated rings. The second-order valence-corrected chi connectivity index (χ2v) is 13.3. The molecule has 2 aliphatic heterocycles. The van der Waals surface area contributed by atoms with Gasteiger partial charge in [-0.1, -0.05) is 0 Å². The molecular weight excluding hydrogens is 387 g/mol. The van der Waals surface area contributed by atoms with Crippen molar-refractivity contribution in [2.24, 2.45) is 0 Å². The molecule has 0 aromatic carbocycles. The van der Waals surface area contributed by atoms with Crippen LogP contribution in [0.15, 0.2) is 0 Å². The Morgan fingerprint density at radius 2 is 2.00 bits per heavy atom. The Balaban J connectivity index is 2.23. The van der Waals surface area contributed by atoms with E-state index in [1.807, 2.05) is 27.2 Å². The highest BCUT2D eigenvalue weighted by Gasteiger charge is 2.74. The molecule has 2 rings (SSSR count). The van der Waals surface area contributed by atoms with E-state index in [1.54, 1.807) is 0 Å². The van der Waals surface area contributed by atoms with Gasteiger partial charge < -0.3 is 9.47 Å². The third kappa shape index (κ3) is 3.56. The minimum Gasteiger partial charge on any atom is -0.461 e. The first-order valence-corrected chi connectivity index (χ1v) is 13.3. The van der Waals surface area contributed by atoms with Crippen LogP contribution in [0.2, 0.25) is 0 Å². The molecule has 1 amide bonds. The van der Waals surface area contributed by atoms with E-state index in [1.165, 1.54) is 23.8 Å². The largest absolute Gasteiger partial charge is 0.461 e. The molecule has 25 heavy (non-hydrogen) atoms. The van der Waals surface area contributed by atoms with Gasteiger partial charge in [0.2, 0.25) is 5.91 Å². The van der Waals surface area contributed by atoms with Crippen LogP contribution in [0.5, 0.6) is 0 Å². The van der Waals surface area contributed by atoms with Crippen molar-refractivity contribution in [3.63, 3.8) is 0 Å². The molecule has 2 heterocycles. The smallest absolute Gasteiger partial charge is 0.361 e. The molecular formula is C14H26N2O6PS2+. The number of methoxy groups -OCH3 is 1. The van der Waals surface area contributed by atoms with E-state index in [0.29, 0.717) is 0 Å². The van der Waals surface area contributed by atoms with Crippen molar-refractivity contribution >= 4 is 41.5 Å². The van der Waals surface area contributed by atoms with Crippen LogP contribution in [0.3, 0.4) is 0 Å². The fraction of sp³-hybridized carbons (Fsp3) is 0.857. The number of esters is 1. The summed E-state index contributed by atoms with van der Waals surface area (Å²) < 4.78 is 32.5. The van der Waals surface area contributed by atoms with Crippen LogP contribution in [0.1, 0.15) is 13.8 Å². The fourth-order valence-corrected chi connectivity index (χ4v) is 6.31. The summed E-state index contributed by atoms with van der Waals surface area (Å²) in [5.74, 6) is -1.20. The van der Waals surface area contributed by atoms with E-state index in [9.17, 15) is 18.0 Å². The molecule has 0 aromatic rings. The third-order valence-corrected chi connectivity index (χ3v) is 7.70. The van der Waals surface area contributed by atoms with Crippen molar-refractivity contribution < 1.29 is 27.5 Å². The SMILES string of the molecule is CO[C@@]1(C(=O)OCCS(C)(=O)=O)N2C(=O)[C@@H](N[PH+](C)C)[C@H]2SC1(C)C. The first-order valence-electron chi connectivity index (χ1n) is 7.85. The molecule has 144 valence electrons. The van der Waals surface area contributed by atoms with Crippen LogP contribution < -0.4 is 5.09 Å². The predicted octanol–water partition coefficient (Wildman–Crippen LogP) is -0.0424. The molecule has 3 atom stereocenters. The molecule has 0 saturated carbocycles. The summed E-state index contributed by atoms with van der Waals surface area (Å²) in [6.07, 6.45) is 1.07. The lowest BCUT2D eigenvalue weighted by Gasteiger charge is -2.48. The minimum absolute atomic E-state index is 0.198. The van der Waals surface area contributed by atoms with Gasteiger partial charge in [-0.3, -0.25) is 9.69 Å². The monoisotopic (exact) mass is 413 g/mol. The zero-order chi connectivity index (χ0) is 19.2. The van der Waals surface area contributed by atoms with Gasteiger partial charge in [0, 0.05) is 13.4 Å². The molecule has 0 aliphatic carbocycles. The van der Waals surface area contributed by atoms with E-state index in [-0.39, 0.29) is 29.7 Å². The number of hydrogen-bond donors (Lipinski definition) is 1. The summed E-state index contributed by atoms with van der Waals surface area (Å²) in [7, 11) is -2.72. The highest BCUT2D eigenvalue weighted by molar-refractivity contribution is 8.01. The topological polar surface area (TPSA) is 102 Å². The van der Waals surface area contributed by atoms with Crippen LogP contribution in [-0.4, -0.2) is 86.1 Å². The van der Waals surface area contributed by atoms with Crippen LogP contribution in [-0.2, 0) is 28.9 Å². The molecule has 8 nitrogen and oxygen atoms in total. The number of thioether (sulfide) groups is 1. The number of fused-ring (bicyclic) bond motifs is 1. The van der Waals surface area contributed by atoms with Gasteiger partial charge in [0.1, 0.15) is 18.0 Å². The number of ether oxygens (including phenoxy) is 2. The van der Waals surface area contributed by atoms with Gasteiger partial charge in [0.15, 0.2) is 9.84 Å². The van der Waals surface area contributed by atoms with E-state index < -0.39 is 34.4 Å². The molecule has 2 aliphatic rings. The number of rotatable bonds is 7. The van der Waals surface area contributed by atoms with Crippen molar-refractivity contribution in [2.45, 2.75) is 35.7 Å². The number of nitrogens with one attached hydrogen (secondary N) is 1. The number of amides is 1. The molecule has 0 unspecified atom stereocenters. The van der Waals surface area contributed by atoms with Crippen molar-refractivity contribution in [1.29, 1.82) is 0 Å². The highest BCUT2D eigenvalue weighted by atomic mass is 32.2. The van der Waals surface area contributed by atoms with Gasteiger partial charge >= 0.3 is 5.97 Å². The standard InChI is InChI=1S/C14H25N2O6PS2/c1-13(2)14(21-3,12(18)22-7-8-25(6,19)20)16-10(17)9(11(16)24-13)15-23(4)5/h9,11,15H,7-8H2,1-6H3/p+1/t9-,11-,14-/m1/s1. The Kier molecular flexibility index (Phi) is 5.82. The molecule has 0 spiro atoms. The van der Waals surface area contributed by atoms with Crippen LogP contribution in [0.25, 0.3) is 0 Å². The lowest BCUT2D eigenvalue weighted by Crippen LogP contribution is -2.75. The highest BCUT2D eigenvalue weighted by Crippen LogP contribution is 2.58. The quantitative estimate of drug-likeness (QED) is 0.352. The summed E-state index contributed by atoms with van der Waals surface area (Å²) >= 11 is 1.49. The normalized spacial score (nSPS) is 31.0. The predicted molar refractivity (Wildman–Crippen MR) is 99.8 cm³/mol. The van der Waals surface area contributed by atoms with Gasteiger partial charge in [-0.15, -0.1) is 11.8 Å². The third-order valence-electron chi connectivity index (χ3n) is 4.32. The van der Waals surface area contributed by atoms with Crippen molar-refractivity contribution in [2.75, 3.05) is 39.1 Å². The zero-order valence-electron chi connectivity index (χ0n) is 15.3. The van der Waals surface area contributed by atoms with Crippen molar-refractivity contribution in [1.82, 2.24) is 9.99 Å². The minimum atomic E-state index is -3.25. The number of nitrogens with zero attached hydrogens (tertiary/aromatic N) is 1. The number of carbonyl (C=O) groups excluding carboxylic acids is 2. The number of carbonyl (C=O) groups is 2. The summed E-state index contributed by atoms with van der Waals surface area (Å²) in [6, 6.07) is -0.339. The Morgan fingerprint density at radius 1 is 1.40 bits per heavy atom. The Hall–Kier alpha value is -0.410. The van der Waals surface area contributed by atoms with Crippen molar-refractivity contribution in [3.8, 4) is 0 Å². The summed E-state index contributed by atoms with van der Waals surface area (Å²) in [6.45, 7) is 7.48. The Bertz CT molecular complexity index is 668. The second kappa shape index (κ2) is 6.96. The van der Waals surface area contributed by atoms with E-state index in [2.05, 4.69) is 5.09 Å². The Morgan fingerprint density at radius 3 is 2.48 bits per heavy atom. The van der Waals surface area contributed by atoms with Crippen LogP contribution in [0.4, 0.5) is 0 Å². The summed E-state index contributed by atoms with van der Waals surface area (Å²) in [5.41, 5.74) is -1.57. The van der Waals surface area contributed by atoms with Gasteiger partial charge in [0.25, 0.3) is 5.72 Å². The molecule has 0 aromatic heterocycles. The first-order chi connectivity index (χ1) is 11.4. The van der Waals surface area contributed by atoms with Gasteiger partial charge in [-0.25, -0.2) is 13.2 Å². The summed E-state index contributed by atoms with van der Waals surface area (Å²) in [4.78, 5) is 26.9. The molecule has 1 N–H and O–H groups in total. The van der Waals surface area contributed by atoms with E-state index in [0.717, 1.165) is 6.26 Å². The maximum Gasteiger partial charge on any atom is 0.361 e.